The van der Waals surface area contributed by atoms with Crippen molar-refractivity contribution in [3.05, 3.63) is 48.2 Å². The highest BCUT2D eigenvalue weighted by atomic mass is 19.1. The van der Waals surface area contributed by atoms with Crippen LogP contribution < -0.4 is 0 Å². The van der Waals surface area contributed by atoms with E-state index in [1.54, 1.807) is 18.2 Å². The lowest BCUT2D eigenvalue weighted by Crippen LogP contribution is -1.92. The summed E-state index contributed by atoms with van der Waals surface area (Å²) in [6.45, 7) is 0. The fourth-order valence-electron chi connectivity index (χ4n) is 1.25. The van der Waals surface area contributed by atoms with E-state index < -0.39 is 0 Å². The molecule has 1 heterocycles. The molecule has 0 saturated carbocycles. The van der Waals surface area contributed by atoms with Crippen molar-refractivity contribution in [3.63, 3.8) is 0 Å². The van der Waals surface area contributed by atoms with Gasteiger partial charge in [0.2, 0.25) is 0 Å². The van der Waals surface area contributed by atoms with E-state index in [4.69, 9.17) is 0 Å². The summed E-state index contributed by atoms with van der Waals surface area (Å²) in [6.07, 6.45) is 1.84. The molecule has 1 aromatic carbocycles. The van der Waals surface area contributed by atoms with Crippen molar-refractivity contribution >= 4 is 6.29 Å². The first-order valence-corrected chi connectivity index (χ1v) is 4.33. The molecule has 3 nitrogen and oxygen atoms in total. The minimum absolute atomic E-state index is 0.239. The SMILES string of the molecule is O=Cc1cc(-c2ccccc2F)ncn1. The number of hydrogen-bond donors (Lipinski definition) is 0. The van der Waals surface area contributed by atoms with Crippen LogP contribution in [0.15, 0.2) is 36.7 Å². The van der Waals surface area contributed by atoms with Gasteiger partial charge in [-0.3, -0.25) is 4.79 Å². The largest absolute Gasteiger partial charge is 0.296 e. The average Bonchev–Trinajstić information content (AvgIpc) is 2.30. The summed E-state index contributed by atoms with van der Waals surface area (Å²) in [5, 5.41) is 0. The van der Waals surface area contributed by atoms with Crippen LogP contribution in [0.2, 0.25) is 0 Å². The molecule has 0 aliphatic carbocycles. The van der Waals surface area contributed by atoms with Crippen molar-refractivity contribution in [2.24, 2.45) is 0 Å². The van der Waals surface area contributed by atoms with Gasteiger partial charge in [0, 0.05) is 5.56 Å². The molecule has 1 aromatic heterocycles. The van der Waals surface area contributed by atoms with E-state index in [9.17, 15) is 9.18 Å². The Balaban J connectivity index is 2.54. The zero-order chi connectivity index (χ0) is 10.7. The summed E-state index contributed by atoms with van der Waals surface area (Å²) in [5.74, 6) is -0.368. The summed E-state index contributed by atoms with van der Waals surface area (Å²) in [5.41, 5.74) is 1.01. The summed E-state index contributed by atoms with van der Waals surface area (Å²) >= 11 is 0. The van der Waals surface area contributed by atoms with Gasteiger partial charge in [-0.2, -0.15) is 0 Å². The van der Waals surface area contributed by atoms with Gasteiger partial charge in [0.25, 0.3) is 0 Å². The molecule has 0 spiro atoms. The van der Waals surface area contributed by atoms with Gasteiger partial charge in [-0.05, 0) is 18.2 Å². The number of carbonyl (C=O) groups is 1. The molecule has 2 aromatic rings. The van der Waals surface area contributed by atoms with Gasteiger partial charge in [-0.1, -0.05) is 12.1 Å². The fraction of sp³-hybridized carbons (Fsp3) is 0. The van der Waals surface area contributed by atoms with Crippen LogP contribution in [0.5, 0.6) is 0 Å². The molecular weight excluding hydrogens is 195 g/mol. The molecule has 0 aliphatic heterocycles. The fourth-order valence-corrected chi connectivity index (χ4v) is 1.25. The van der Waals surface area contributed by atoms with Gasteiger partial charge >= 0.3 is 0 Å². The lowest BCUT2D eigenvalue weighted by atomic mass is 10.1. The lowest BCUT2D eigenvalue weighted by molar-refractivity contribution is 0.111. The lowest BCUT2D eigenvalue weighted by Gasteiger charge is -2.01. The molecule has 0 radical (unpaired) electrons. The molecule has 0 saturated heterocycles. The van der Waals surface area contributed by atoms with Crippen molar-refractivity contribution in [1.82, 2.24) is 9.97 Å². The zero-order valence-electron chi connectivity index (χ0n) is 7.72. The number of halogens is 1. The topological polar surface area (TPSA) is 42.9 Å². The van der Waals surface area contributed by atoms with Crippen LogP contribution in [-0.2, 0) is 0 Å². The van der Waals surface area contributed by atoms with Gasteiger partial charge in [-0.25, -0.2) is 14.4 Å². The van der Waals surface area contributed by atoms with E-state index in [2.05, 4.69) is 9.97 Å². The Morgan fingerprint density at radius 2 is 2.00 bits per heavy atom. The first-order chi connectivity index (χ1) is 7.31. The van der Waals surface area contributed by atoms with Crippen LogP contribution in [0.25, 0.3) is 11.3 Å². The Morgan fingerprint density at radius 1 is 1.20 bits per heavy atom. The quantitative estimate of drug-likeness (QED) is 0.700. The zero-order valence-corrected chi connectivity index (χ0v) is 7.72. The van der Waals surface area contributed by atoms with Crippen LogP contribution in [0, 0.1) is 5.82 Å². The van der Waals surface area contributed by atoms with Crippen molar-refractivity contribution in [2.75, 3.05) is 0 Å². The number of aldehydes is 1. The smallest absolute Gasteiger partial charge is 0.168 e. The maximum absolute atomic E-state index is 13.4. The van der Waals surface area contributed by atoms with Gasteiger partial charge < -0.3 is 0 Å². The molecule has 2 rings (SSSR count). The summed E-state index contributed by atoms with van der Waals surface area (Å²) in [6, 6.07) is 7.71. The monoisotopic (exact) mass is 202 g/mol. The molecule has 0 N–H and O–H groups in total. The highest BCUT2D eigenvalue weighted by Crippen LogP contribution is 2.19. The van der Waals surface area contributed by atoms with Crippen LogP contribution in [0.1, 0.15) is 10.5 Å². The molecule has 0 unspecified atom stereocenters. The summed E-state index contributed by atoms with van der Waals surface area (Å²) < 4.78 is 13.4. The molecule has 15 heavy (non-hydrogen) atoms. The van der Waals surface area contributed by atoms with Crippen LogP contribution >= 0.6 is 0 Å². The minimum atomic E-state index is -0.368. The van der Waals surface area contributed by atoms with Crippen LogP contribution in [0.3, 0.4) is 0 Å². The second-order valence-corrected chi connectivity index (χ2v) is 2.93. The average molecular weight is 202 g/mol. The normalized spacial score (nSPS) is 9.93. The molecule has 4 heteroatoms. The van der Waals surface area contributed by atoms with E-state index in [1.807, 2.05) is 0 Å². The highest BCUT2D eigenvalue weighted by Gasteiger charge is 2.05. The maximum atomic E-state index is 13.4. The van der Waals surface area contributed by atoms with E-state index in [1.165, 1.54) is 18.5 Å². The predicted molar refractivity (Wildman–Crippen MR) is 52.8 cm³/mol. The highest BCUT2D eigenvalue weighted by molar-refractivity contribution is 5.74. The Labute approximate surface area is 85.6 Å². The first-order valence-electron chi connectivity index (χ1n) is 4.33. The molecular formula is C11H7FN2O. The number of nitrogens with zero attached hydrogens (tertiary/aromatic N) is 2. The van der Waals surface area contributed by atoms with Crippen molar-refractivity contribution in [1.29, 1.82) is 0 Å². The number of rotatable bonds is 2. The Morgan fingerprint density at radius 3 is 2.73 bits per heavy atom. The Hall–Kier alpha value is -2.10. The minimum Gasteiger partial charge on any atom is -0.296 e. The second kappa shape index (κ2) is 3.96. The Kier molecular flexibility index (Phi) is 2.49. The van der Waals surface area contributed by atoms with Crippen LogP contribution in [0.4, 0.5) is 4.39 Å². The van der Waals surface area contributed by atoms with E-state index >= 15 is 0 Å². The third-order valence-electron chi connectivity index (χ3n) is 1.96. The van der Waals surface area contributed by atoms with E-state index in [0.717, 1.165) is 0 Å². The molecule has 74 valence electrons. The van der Waals surface area contributed by atoms with Crippen LogP contribution in [-0.4, -0.2) is 16.3 Å². The Bertz CT molecular complexity index is 499. The van der Waals surface area contributed by atoms with Gasteiger partial charge in [0.05, 0.1) is 5.69 Å². The molecule has 0 aliphatic rings. The molecule has 0 fully saturated rings. The standard InChI is InChI=1S/C11H7FN2O/c12-10-4-2-1-3-9(10)11-5-8(6-15)13-7-14-11/h1-7H. The predicted octanol–water partition coefficient (Wildman–Crippen LogP) is 2.10. The van der Waals surface area contributed by atoms with E-state index in [-0.39, 0.29) is 11.5 Å². The number of hydrogen-bond acceptors (Lipinski definition) is 3. The van der Waals surface area contributed by atoms with Gasteiger partial charge in [-0.15, -0.1) is 0 Å². The van der Waals surface area contributed by atoms with E-state index in [0.29, 0.717) is 17.5 Å². The third kappa shape index (κ3) is 1.88. The second-order valence-electron chi connectivity index (χ2n) is 2.93. The molecule has 0 bridgehead atoms. The third-order valence-corrected chi connectivity index (χ3v) is 1.96. The van der Waals surface area contributed by atoms with Crippen molar-refractivity contribution in [3.8, 4) is 11.3 Å². The maximum Gasteiger partial charge on any atom is 0.168 e. The first kappa shape index (κ1) is 9.45. The number of benzene rings is 1. The van der Waals surface area contributed by atoms with Gasteiger partial charge in [0.1, 0.15) is 17.8 Å². The van der Waals surface area contributed by atoms with Gasteiger partial charge in [0.15, 0.2) is 6.29 Å². The summed E-state index contributed by atoms with van der Waals surface area (Å²) in [7, 11) is 0. The van der Waals surface area contributed by atoms with Crippen molar-refractivity contribution < 1.29 is 9.18 Å². The number of carbonyl (C=O) groups excluding carboxylic acids is 1. The molecule has 0 amide bonds. The summed E-state index contributed by atoms with van der Waals surface area (Å²) in [4.78, 5) is 18.1. The molecule has 0 atom stereocenters. The van der Waals surface area contributed by atoms with Crippen molar-refractivity contribution in [2.45, 2.75) is 0 Å². The number of aromatic nitrogens is 2.